The van der Waals surface area contributed by atoms with Crippen LogP contribution in [-0.4, -0.2) is 17.0 Å². The molecule has 0 rings (SSSR count). The van der Waals surface area contributed by atoms with Crippen molar-refractivity contribution in [1.82, 2.24) is 0 Å². The molecule has 0 spiro atoms. The van der Waals surface area contributed by atoms with Gasteiger partial charge in [-0.15, -0.1) is 0 Å². The van der Waals surface area contributed by atoms with E-state index in [1.165, 1.54) is 0 Å². The first-order chi connectivity index (χ1) is 5.09. The summed E-state index contributed by atoms with van der Waals surface area (Å²) in [5, 5.41) is 9.01. The van der Waals surface area contributed by atoms with Crippen molar-refractivity contribution in [3.63, 3.8) is 0 Å². The highest BCUT2D eigenvalue weighted by atomic mass is 16.3. The van der Waals surface area contributed by atoms with Gasteiger partial charge in [-0.25, -0.2) is 4.99 Å². The number of allylic oxidation sites excluding steroid dienone is 1. The number of hydrogen-bond acceptors (Lipinski definition) is 2. The first-order valence-electron chi connectivity index (χ1n) is 3.41. The molecule has 0 heterocycles. The summed E-state index contributed by atoms with van der Waals surface area (Å²) >= 11 is 0. The molecule has 0 amide bonds. The number of aliphatic hydroxyl groups is 1. The van der Waals surface area contributed by atoms with E-state index in [1.54, 1.807) is 19.2 Å². The highest BCUT2D eigenvalue weighted by molar-refractivity contribution is 5.97. The number of nitrogens with zero attached hydrogens (tertiary/aromatic N) is 1. The zero-order valence-corrected chi connectivity index (χ0v) is 6.91. The molecule has 0 radical (unpaired) electrons. The largest absolute Gasteiger partial charge is 0.389 e. The van der Waals surface area contributed by atoms with Crippen LogP contribution in [0, 0.1) is 0 Å². The molecule has 0 aliphatic heterocycles. The van der Waals surface area contributed by atoms with Crippen LogP contribution in [0.4, 0.5) is 0 Å². The second kappa shape index (κ2) is 4.68. The smallest absolute Gasteiger partial charge is 0.128 e. The Morgan fingerprint density at radius 2 is 2.27 bits per heavy atom. The van der Waals surface area contributed by atoms with Crippen LogP contribution in [0.5, 0.6) is 0 Å². The number of aliphatic hydroxyl groups excluding tert-OH is 1. The predicted octanol–water partition coefficient (Wildman–Crippen LogP) is 0.814. The van der Waals surface area contributed by atoms with E-state index in [4.69, 9.17) is 10.8 Å². The van der Waals surface area contributed by atoms with E-state index in [-0.39, 0.29) is 5.84 Å². The van der Waals surface area contributed by atoms with Gasteiger partial charge >= 0.3 is 0 Å². The number of nitrogens with two attached hydrogens (primary N) is 1. The molecule has 0 fully saturated rings. The third-order valence-corrected chi connectivity index (χ3v) is 1.20. The van der Waals surface area contributed by atoms with Crippen molar-refractivity contribution in [3.8, 4) is 0 Å². The monoisotopic (exact) mass is 154 g/mol. The maximum Gasteiger partial charge on any atom is 0.128 e. The van der Waals surface area contributed by atoms with E-state index in [0.717, 1.165) is 0 Å². The summed E-state index contributed by atoms with van der Waals surface area (Å²) in [5.74, 6) is 0.276. The van der Waals surface area contributed by atoms with Crippen LogP contribution in [0.3, 0.4) is 0 Å². The fourth-order valence-corrected chi connectivity index (χ4v) is 0.452. The van der Waals surface area contributed by atoms with Gasteiger partial charge in [0.1, 0.15) is 5.84 Å². The van der Waals surface area contributed by atoms with Crippen molar-refractivity contribution in [2.24, 2.45) is 10.7 Å². The maximum absolute atomic E-state index is 9.01. The minimum absolute atomic E-state index is 0.276. The molecule has 62 valence electrons. The second-order valence-corrected chi connectivity index (χ2v) is 2.20. The van der Waals surface area contributed by atoms with Gasteiger partial charge in [-0.1, -0.05) is 12.7 Å². The van der Waals surface area contributed by atoms with Crippen molar-refractivity contribution < 1.29 is 5.11 Å². The van der Waals surface area contributed by atoms with Crippen LogP contribution in [0.1, 0.15) is 13.8 Å². The minimum Gasteiger partial charge on any atom is -0.389 e. The summed E-state index contributed by atoms with van der Waals surface area (Å²) in [6.45, 7) is 7.00. The highest BCUT2D eigenvalue weighted by Gasteiger charge is 2.04. The molecule has 1 atom stereocenters. The van der Waals surface area contributed by atoms with E-state index in [0.29, 0.717) is 5.57 Å². The molecule has 3 N–H and O–H groups in total. The Balaban J connectivity index is 4.24. The zero-order valence-electron chi connectivity index (χ0n) is 6.91. The highest BCUT2D eigenvalue weighted by Crippen LogP contribution is 1.97. The average molecular weight is 154 g/mol. The van der Waals surface area contributed by atoms with Gasteiger partial charge in [-0.2, -0.15) is 0 Å². The van der Waals surface area contributed by atoms with Crippen LogP contribution in [0.2, 0.25) is 0 Å². The van der Waals surface area contributed by atoms with E-state index < -0.39 is 6.10 Å². The van der Waals surface area contributed by atoms with Gasteiger partial charge < -0.3 is 10.8 Å². The SMILES string of the molecule is C=C(C(N)=N/C=C\C)C(C)O. The van der Waals surface area contributed by atoms with E-state index >= 15 is 0 Å². The quantitative estimate of drug-likeness (QED) is 0.467. The Hall–Kier alpha value is -1.09. The van der Waals surface area contributed by atoms with Gasteiger partial charge in [0.15, 0.2) is 0 Å². The molecule has 0 aromatic carbocycles. The summed E-state index contributed by atoms with van der Waals surface area (Å²) < 4.78 is 0. The van der Waals surface area contributed by atoms with Gasteiger partial charge in [0.25, 0.3) is 0 Å². The van der Waals surface area contributed by atoms with Crippen LogP contribution in [-0.2, 0) is 0 Å². The standard InChI is InChI=1S/C8H14N2O/c1-4-5-10-8(9)6(2)7(3)11/h4-5,7,11H,2H2,1,3H3,(H2,9,10)/b5-4-. The molecule has 0 bridgehead atoms. The molecule has 0 saturated carbocycles. The fraction of sp³-hybridized carbons (Fsp3) is 0.375. The Morgan fingerprint density at radius 1 is 1.73 bits per heavy atom. The fourth-order valence-electron chi connectivity index (χ4n) is 0.452. The van der Waals surface area contributed by atoms with Crippen molar-refractivity contribution >= 4 is 5.84 Å². The van der Waals surface area contributed by atoms with Crippen molar-refractivity contribution in [3.05, 3.63) is 24.4 Å². The number of amidine groups is 1. The normalized spacial score (nSPS) is 15.4. The lowest BCUT2D eigenvalue weighted by atomic mass is 10.2. The molecule has 0 aliphatic carbocycles. The summed E-state index contributed by atoms with van der Waals surface area (Å²) in [5.41, 5.74) is 5.89. The molecule has 11 heavy (non-hydrogen) atoms. The lowest BCUT2D eigenvalue weighted by Gasteiger charge is -2.05. The Morgan fingerprint density at radius 3 is 2.64 bits per heavy atom. The van der Waals surface area contributed by atoms with Gasteiger partial charge in [0, 0.05) is 11.8 Å². The summed E-state index contributed by atoms with van der Waals surface area (Å²) in [6, 6.07) is 0. The van der Waals surface area contributed by atoms with Gasteiger partial charge in [0.2, 0.25) is 0 Å². The Kier molecular flexibility index (Phi) is 4.22. The third-order valence-electron chi connectivity index (χ3n) is 1.20. The van der Waals surface area contributed by atoms with Crippen molar-refractivity contribution in [2.75, 3.05) is 0 Å². The van der Waals surface area contributed by atoms with Gasteiger partial charge in [-0.3, -0.25) is 0 Å². The number of hydrogen-bond donors (Lipinski definition) is 2. The molecule has 3 nitrogen and oxygen atoms in total. The summed E-state index contributed by atoms with van der Waals surface area (Å²) in [7, 11) is 0. The first kappa shape index (κ1) is 9.91. The lowest BCUT2D eigenvalue weighted by Crippen LogP contribution is -2.21. The average Bonchev–Trinajstić information content (AvgIpc) is 1.98. The van der Waals surface area contributed by atoms with E-state index in [9.17, 15) is 0 Å². The summed E-state index contributed by atoms with van der Waals surface area (Å²) in [4.78, 5) is 3.82. The predicted molar refractivity (Wildman–Crippen MR) is 47.3 cm³/mol. The second-order valence-electron chi connectivity index (χ2n) is 2.20. The molecule has 1 unspecified atom stereocenters. The molecule has 0 aliphatic rings. The first-order valence-corrected chi connectivity index (χ1v) is 3.41. The maximum atomic E-state index is 9.01. The molecule has 0 saturated heterocycles. The van der Waals surface area contributed by atoms with Crippen LogP contribution in [0.15, 0.2) is 29.4 Å². The molecular formula is C8H14N2O. The number of aliphatic imine (C=N–C) groups is 1. The van der Waals surface area contributed by atoms with E-state index in [1.807, 2.05) is 6.92 Å². The van der Waals surface area contributed by atoms with Gasteiger partial charge in [0.05, 0.1) is 6.10 Å². The third kappa shape index (κ3) is 3.57. The molecule has 0 aromatic rings. The molecule has 0 aromatic heterocycles. The lowest BCUT2D eigenvalue weighted by molar-refractivity contribution is 0.238. The van der Waals surface area contributed by atoms with Crippen molar-refractivity contribution in [1.29, 1.82) is 0 Å². The zero-order chi connectivity index (χ0) is 8.85. The van der Waals surface area contributed by atoms with Crippen LogP contribution >= 0.6 is 0 Å². The Bertz CT molecular complexity index is 192. The van der Waals surface area contributed by atoms with Crippen molar-refractivity contribution in [2.45, 2.75) is 20.0 Å². The Labute approximate surface area is 66.9 Å². The van der Waals surface area contributed by atoms with Crippen LogP contribution < -0.4 is 5.73 Å². The molecular weight excluding hydrogens is 140 g/mol. The van der Waals surface area contributed by atoms with E-state index in [2.05, 4.69) is 11.6 Å². The molecule has 3 heteroatoms. The number of rotatable bonds is 3. The minimum atomic E-state index is -0.635. The summed E-state index contributed by atoms with van der Waals surface area (Å²) in [6.07, 6.45) is 2.68. The van der Waals surface area contributed by atoms with Crippen LogP contribution in [0.25, 0.3) is 0 Å². The topological polar surface area (TPSA) is 58.6 Å². The van der Waals surface area contributed by atoms with Gasteiger partial charge in [-0.05, 0) is 13.8 Å².